The van der Waals surface area contributed by atoms with E-state index < -0.39 is 17.8 Å². The first kappa shape index (κ1) is 19.5. The first-order chi connectivity index (χ1) is 12.9. The van der Waals surface area contributed by atoms with E-state index in [0.717, 1.165) is 31.1 Å². The molecule has 2 aromatic rings. The van der Waals surface area contributed by atoms with Crippen LogP contribution in [0.4, 0.5) is 13.2 Å². The van der Waals surface area contributed by atoms with Crippen molar-refractivity contribution in [3.05, 3.63) is 60.9 Å². The van der Waals surface area contributed by atoms with Crippen molar-refractivity contribution in [1.29, 1.82) is 0 Å². The SMILES string of the molecule is C=CCCC1CCC(C(F)(F)Oc2ccc3cc(C=C)c(F)cc3c2)CC1. The van der Waals surface area contributed by atoms with Crippen LogP contribution in [0, 0.1) is 17.7 Å². The second-order valence-corrected chi connectivity index (χ2v) is 7.33. The molecular formula is C23H25F3O. The van der Waals surface area contributed by atoms with Crippen LogP contribution in [0.15, 0.2) is 49.6 Å². The summed E-state index contributed by atoms with van der Waals surface area (Å²) in [6.07, 6.45) is 4.55. The summed E-state index contributed by atoms with van der Waals surface area (Å²) in [7, 11) is 0. The Morgan fingerprint density at radius 1 is 1.04 bits per heavy atom. The third kappa shape index (κ3) is 4.55. The number of allylic oxidation sites excluding steroid dienone is 1. The van der Waals surface area contributed by atoms with Gasteiger partial charge in [-0.15, -0.1) is 6.58 Å². The summed E-state index contributed by atoms with van der Waals surface area (Å²) < 4.78 is 48.3. The summed E-state index contributed by atoms with van der Waals surface area (Å²) >= 11 is 0. The van der Waals surface area contributed by atoms with Crippen LogP contribution in [0.3, 0.4) is 0 Å². The van der Waals surface area contributed by atoms with E-state index in [1.165, 1.54) is 24.3 Å². The molecule has 0 heterocycles. The third-order valence-corrected chi connectivity index (χ3v) is 5.50. The summed E-state index contributed by atoms with van der Waals surface area (Å²) in [5.41, 5.74) is 0.384. The minimum atomic E-state index is -3.23. The molecule has 1 nitrogen and oxygen atoms in total. The lowest BCUT2D eigenvalue weighted by Gasteiger charge is -2.33. The van der Waals surface area contributed by atoms with Crippen LogP contribution in [0.2, 0.25) is 0 Å². The molecule has 0 N–H and O–H groups in total. The van der Waals surface area contributed by atoms with E-state index in [1.807, 2.05) is 6.08 Å². The minimum Gasteiger partial charge on any atom is -0.432 e. The quantitative estimate of drug-likeness (QED) is 0.460. The monoisotopic (exact) mass is 374 g/mol. The predicted octanol–water partition coefficient (Wildman–Crippen LogP) is 7.37. The molecule has 0 radical (unpaired) electrons. The zero-order valence-corrected chi connectivity index (χ0v) is 15.4. The maximum atomic E-state index is 14.6. The lowest BCUT2D eigenvalue weighted by Crippen LogP contribution is -2.37. The van der Waals surface area contributed by atoms with Gasteiger partial charge in [-0.2, -0.15) is 8.78 Å². The highest BCUT2D eigenvalue weighted by Crippen LogP contribution is 2.41. The van der Waals surface area contributed by atoms with Gasteiger partial charge in [-0.3, -0.25) is 0 Å². The molecule has 0 saturated heterocycles. The molecule has 27 heavy (non-hydrogen) atoms. The van der Waals surface area contributed by atoms with Crippen molar-refractivity contribution >= 4 is 16.8 Å². The van der Waals surface area contributed by atoms with E-state index in [1.54, 1.807) is 12.1 Å². The van der Waals surface area contributed by atoms with Crippen molar-refractivity contribution in [1.82, 2.24) is 0 Å². The fourth-order valence-electron chi connectivity index (χ4n) is 3.87. The number of fused-ring (bicyclic) bond motifs is 1. The number of ether oxygens (including phenoxy) is 1. The first-order valence-electron chi connectivity index (χ1n) is 9.46. The molecule has 1 saturated carbocycles. The molecule has 0 atom stereocenters. The Hall–Kier alpha value is -2.23. The van der Waals surface area contributed by atoms with Gasteiger partial charge in [0.2, 0.25) is 0 Å². The van der Waals surface area contributed by atoms with Crippen molar-refractivity contribution in [2.45, 2.75) is 44.6 Å². The number of halogens is 3. The van der Waals surface area contributed by atoms with Crippen LogP contribution in [0.25, 0.3) is 16.8 Å². The van der Waals surface area contributed by atoms with Crippen molar-refractivity contribution < 1.29 is 17.9 Å². The molecule has 0 spiro atoms. The lowest BCUT2D eigenvalue weighted by molar-refractivity contribution is -0.223. The third-order valence-electron chi connectivity index (χ3n) is 5.50. The van der Waals surface area contributed by atoms with Gasteiger partial charge in [-0.1, -0.05) is 24.8 Å². The van der Waals surface area contributed by atoms with Crippen LogP contribution in [-0.4, -0.2) is 6.11 Å². The molecule has 1 aliphatic rings. The molecular weight excluding hydrogens is 349 g/mol. The van der Waals surface area contributed by atoms with Crippen LogP contribution in [0.1, 0.15) is 44.1 Å². The molecule has 144 valence electrons. The van der Waals surface area contributed by atoms with Gasteiger partial charge in [0, 0.05) is 5.56 Å². The predicted molar refractivity (Wildman–Crippen MR) is 104 cm³/mol. The Morgan fingerprint density at radius 3 is 2.44 bits per heavy atom. The zero-order valence-electron chi connectivity index (χ0n) is 15.4. The number of hydrogen-bond donors (Lipinski definition) is 0. The maximum Gasteiger partial charge on any atom is 0.400 e. The standard InChI is InChI=1S/C23H25F3O/c1-3-5-6-16-7-10-20(11-8-16)23(25,26)27-21-12-9-18-13-17(4-2)22(24)15-19(18)14-21/h3-4,9,12-16,20H,1-2,5-8,10-11H2. The van der Waals surface area contributed by atoms with E-state index in [2.05, 4.69) is 13.2 Å². The minimum absolute atomic E-state index is 0.0621. The van der Waals surface area contributed by atoms with Crippen LogP contribution >= 0.6 is 0 Å². The van der Waals surface area contributed by atoms with Gasteiger partial charge in [0.1, 0.15) is 11.6 Å². The average Bonchev–Trinajstić information content (AvgIpc) is 2.65. The van der Waals surface area contributed by atoms with Gasteiger partial charge in [0.25, 0.3) is 0 Å². The maximum absolute atomic E-state index is 14.6. The summed E-state index contributed by atoms with van der Waals surface area (Å²) in [5.74, 6) is -0.655. The van der Waals surface area contributed by atoms with E-state index >= 15 is 0 Å². The first-order valence-corrected chi connectivity index (χ1v) is 9.46. The Labute approximate surface area is 158 Å². The second kappa shape index (κ2) is 8.20. The highest BCUT2D eigenvalue weighted by atomic mass is 19.3. The number of alkyl halides is 2. The molecule has 1 fully saturated rings. The van der Waals surface area contributed by atoms with Gasteiger partial charge < -0.3 is 4.74 Å². The smallest absolute Gasteiger partial charge is 0.400 e. The van der Waals surface area contributed by atoms with Crippen molar-refractivity contribution in [3.63, 3.8) is 0 Å². The largest absolute Gasteiger partial charge is 0.432 e. The molecule has 0 unspecified atom stereocenters. The van der Waals surface area contributed by atoms with Crippen molar-refractivity contribution in [3.8, 4) is 5.75 Å². The van der Waals surface area contributed by atoms with E-state index in [4.69, 9.17) is 4.74 Å². The summed E-state index contributed by atoms with van der Waals surface area (Å²) in [6.45, 7) is 7.28. The van der Waals surface area contributed by atoms with Gasteiger partial charge in [-0.05, 0) is 79.5 Å². The summed E-state index contributed by atoms with van der Waals surface area (Å²) in [5, 5.41) is 1.28. The highest BCUT2D eigenvalue weighted by Gasteiger charge is 2.43. The molecule has 0 aromatic heterocycles. The van der Waals surface area contributed by atoms with Crippen LogP contribution in [0.5, 0.6) is 5.75 Å². The lowest BCUT2D eigenvalue weighted by atomic mass is 9.79. The van der Waals surface area contributed by atoms with E-state index in [9.17, 15) is 13.2 Å². The van der Waals surface area contributed by atoms with Crippen LogP contribution < -0.4 is 4.74 Å². The Balaban J connectivity index is 1.70. The van der Waals surface area contributed by atoms with Gasteiger partial charge in [0.15, 0.2) is 0 Å². The summed E-state index contributed by atoms with van der Waals surface area (Å²) in [4.78, 5) is 0. The summed E-state index contributed by atoms with van der Waals surface area (Å²) in [6, 6.07) is 7.61. The molecule has 3 rings (SSSR count). The van der Waals surface area contributed by atoms with Gasteiger partial charge in [0.05, 0.1) is 5.92 Å². The zero-order chi connectivity index (χ0) is 19.4. The highest BCUT2D eigenvalue weighted by molar-refractivity contribution is 5.86. The van der Waals surface area contributed by atoms with Gasteiger partial charge in [-0.25, -0.2) is 4.39 Å². The van der Waals surface area contributed by atoms with Crippen molar-refractivity contribution in [2.24, 2.45) is 11.8 Å². The Bertz CT molecular complexity index is 820. The fraction of sp³-hybridized carbons (Fsp3) is 0.391. The fourth-order valence-corrected chi connectivity index (χ4v) is 3.87. The number of benzene rings is 2. The molecule has 1 aliphatic carbocycles. The topological polar surface area (TPSA) is 9.23 Å². The van der Waals surface area contributed by atoms with Crippen LogP contribution in [-0.2, 0) is 0 Å². The number of rotatable bonds is 7. The van der Waals surface area contributed by atoms with E-state index in [-0.39, 0.29) is 5.75 Å². The number of hydrogen-bond acceptors (Lipinski definition) is 1. The molecule has 0 amide bonds. The van der Waals surface area contributed by atoms with E-state index in [0.29, 0.717) is 29.7 Å². The molecule has 4 heteroatoms. The Morgan fingerprint density at radius 2 is 1.78 bits per heavy atom. The average molecular weight is 374 g/mol. The molecule has 0 bridgehead atoms. The molecule has 0 aliphatic heterocycles. The molecule has 2 aromatic carbocycles. The Kier molecular flexibility index (Phi) is 5.93. The normalized spacial score (nSPS) is 20.4. The van der Waals surface area contributed by atoms with Crippen molar-refractivity contribution in [2.75, 3.05) is 0 Å². The van der Waals surface area contributed by atoms with Gasteiger partial charge >= 0.3 is 6.11 Å². The second-order valence-electron chi connectivity index (χ2n) is 7.33.